The predicted octanol–water partition coefficient (Wildman–Crippen LogP) is 2.79. The molecule has 0 N–H and O–H groups in total. The zero-order chi connectivity index (χ0) is 14.4. The van der Waals surface area contributed by atoms with Gasteiger partial charge in [-0.2, -0.15) is 0 Å². The van der Waals surface area contributed by atoms with Gasteiger partial charge >= 0.3 is 6.03 Å². The van der Waals surface area contributed by atoms with Crippen molar-refractivity contribution in [1.29, 1.82) is 0 Å². The molecule has 0 bridgehead atoms. The molecule has 2 aliphatic heterocycles. The standard InChI is InChI=1S/C16H31N3O/c1-3-5-6-7-8-10-17-12-13-19-15(14-17)9-11-18(4-2)16(19)20/h15H,3-14H2,1-2H3/t15-/m0/s1. The predicted molar refractivity (Wildman–Crippen MR) is 83.0 cm³/mol. The van der Waals surface area contributed by atoms with Gasteiger partial charge in [-0.15, -0.1) is 0 Å². The molecule has 2 heterocycles. The molecule has 20 heavy (non-hydrogen) atoms. The molecule has 116 valence electrons. The lowest BCUT2D eigenvalue weighted by Crippen LogP contribution is -2.62. The molecule has 0 aromatic heterocycles. The number of piperazine rings is 1. The minimum absolute atomic E-state index is 0.270. The van der Waals surface area contributed by atoms with Crippen LogP contribution < -0.4 is 0 Å². The van der Waals surface area contributed by atoms with Gasteiger partial charge in [0.15, 0.2) is 0 Å². The van der Waals surface area contributed by atoms with E-state index in [1.165, 1.54) is 38.6 Å². The highest BCUT2D eigenvalue weighted by molar-refractivity contribution is 5.75. The maximum Gasteiger partial charge on any atom is 0.320 e. The van der Waals surface area contributed by atoms with Gasteiger partial charge in [-0.1, -0.05) is 32.6 Å². The zero-order valence-corrected chi connectivity index (χ0v) is 13.3. The molecule has 2 aliphatic rings. The molecule has 0 aliphatic carbocycles. The Morgan fingerprint density at radius 3 is 2.60 bits per heavy atom. The van der Waals surface area contributed by atoms with E-state index >= 15 is 0 Å². The van der Waals surface area contributed by atoms with Gasteiger partial charge in [-0.25, -0.2) is 4.79 Å². The summed E-state index contributed by atoms with van der Waals surface area (Å²) < 4.78 is 0. The summed E-state index contributed by atoms with van der Waals surface area (Å²) in [5, 5.41) is 0. The van der Waals surface area contributed by atoms with Crippen LogP contribution in [0.1, 0.15) is 52.4 Å². The topological polar surface area (TPSA) is 26.8 Å². The smallest absolute Gasteiger partial charge is 0.320 e. The number of unbranched alkanes of at least 4 members (excludes halogenated alkanes) is 4. The van der Waals surface area contributed by atoms with Crippen molar-refractivity contribution in [2.75, 3.05) is 39.3 Å². The molecule has 4 nitrogen and oxygen atoms in total. The quantitative estimate of drug-likeness (QED) is 0.671. The molecule has 2 fully saturated rings. The van der Waals surface area contributed by atoms with Crippen molar-refractivity contribution in [2.45, 2.75) is 58.4 Å². The number of carbonyl (C=O) groups excluding carboxylic acids is 1. The number of rotatable bonds is 7. The van der Waals surface area contributed by atoms with E-state index in [4.69, 9.17) is 0 Å². The molecular weight excluding hydrogens is 250 g/mol. The minimum atomic E-state index is 0.270. The second-order valence-corrected chi connectivity index (χ2v) is 6.21. The number of nitrogens with zero attached hydrogens (tertiary/aromatic N) is 3. The van der Waals surface area contributed by atoms with E-state index < -0.39 is 0 Å². The Bertz CT molecular complexity index is 308. The van der Waals surface area contributed by atoms with Crippen molar-refractivity contribution in [3.63, 3.8) is 0 Å². The first kappa shape index (κ1) is 15.6. The molecule has 1 atom stereocenters. The van der Waals surface area contributed by atoms with Gasteiger partial charge in [0.05, 0.1) is 0 Å². The summed E-state index contributed by atoms with van der Waals surface area (Å²) in [5.41, 5.74) is 0. The highest BCUT2D eigenvalue weighted by atomic mass is 16.2. The van der Waals surface area contributed by atoms with Crippen LogP contribution in [0.15, 0.2) is 0 Å². The fourth-order valence-electron chi connectivity index (χ4n) is 3.44. The van der Waals surface area contributed by atoms with Crippen LogP contribution in [-0.4, -0.2) is 66.0 Å². The van der Waals surface area contributed by atoms with E-state index in [0.717, 1.165) is 39.1 Å². The fourth-order valence-corrected chi connectivity index (χ4v) is 3.44. The Balaban J connectivity index is 1.71. The van der Waals surface area contributed by atoms with Gasteiger partial charge in [-0.3, -0.25) is 4.90 Å². The molecule has 0 radical (unpaired) electrons. The van der Waals surface area contributed by atoms with Crippen LogP contribution in [0.3, 0.4) is 0 Å². The largest absolute Gasteiger partial charge is 0.325 e. The molecule has 0 aromatic rings. The van der Waals surface area contributed by atoms with Gasteiger partial charge in [0.25, 0.3) is 0 Å². The van der Waals surface area contributed by atoms with Gasteiger partial charge in [0.2, 0.25) is 0 Å². The van der Waals surface area contributed by atoms with Crippen LogP contribution in [0.4, 0.5) is 4.79 Å². The summed E-state index contributed by atoms with van der Waals surface area (Å²) in [6.07, 6.45) is 7.90. The van der Waals surface area contributed by atoms with E-state index in [9.17, 15) is 4.79 Å². The number of urea groups is 1. The molecular formula is C16H31N3O. The fraction of sp³-hybridized carbons (Fsp3) is 0.938. The van der Waals surface area contributed by atoms with Gasteiger partial charge < -0.3 is 9.80 Å². The molecule has 4 heteroatoms. The third-order valence-corrected chi connectivity index (χ3v) is 4.77. The normalized spacial score (nSPS) is 24.1. The maximum absolute atomic E-state index is 12.3. The minimum Gasteiger partial charge on any atom is -0.325 e. The third-order valence-electron chi connectivity index (χ3n) is 4.77. The van der Waals surface area contributed by atoms with Crippen molar-refractivity contribution in [2.24, 2.45) is 0 Å². The summed E-state index contributed by atoms with van der Waals surface area (Å²) >= 11 is 0. The van der Waals surface area contributed by atoms with Crippen LogP contribution in [-0.2, 0) is 0 Å². The van der Waals surface area contributed by atoms with Crippen molar-refractivity contribution < 1.29 is 4.79 Å². The van der Waals surface area contributed by atoms with E-state index in [1.54, 1.807) is 0 Å². The van der Waals surface area contributed by atoms with Gasteiger partial charge in [0, 0.05) is 38.8 Å². The van der Waals surface area contributed by atoms with Crippen molar-refractivity contribution in [1.82, 2.24) is 14.7 Å². The Hall–Kier alpha value is -0.770. The monoisotopic (exact) mass is 281 g/mol. The molecule has 0 aromatic carbocycles. The second kappa shape index (κ2) is 7.87. The SMILES string of the molecule is CCCCCCCN1CCN2C(=O)N(CC)CC[C@H]2C1. The first-order valence-electron chi connectivity index (χ1n) is 8.54. The van der Waals surface area contributed by atoms with Crippen molar-refractivity contribution >= 4 is 6.03 Å². The van der Waals surface area contributed by atoms with Gasteiger partial charge in [0.1, 0.15) is 0 Å². The summed E-state index contributed by atoms with van der Waals surface area (Å²) in [5.74, 6) is 0. The lowest BCUT2D eigenvalue weighted by Gasteiger charge is -2.47. The Labute approximate surface area is 124 Å². The van der Waals surface area contributed by atoms with Crippen LogP contribution in [0.2, 0.25) is 0 Å². The first-order chi connectivity index (χ1) is 9.76. The number of amides is 2. The molecule has 2 amide bonds. The lowest BCUT2D eigenvalue weighted by atomic mass is 10.0. The van der Waals surface area contributed by atoms with Crippen molar-refractivity contribution in [3.8, 4) is 0 Å². The summed E-state index contributed by atoms with van der Waals surface area (Å²) in [7, 11) is 0. The number of hydrogen-bond donors (Lipinski definition) is 0. The molecule has 0 unspecified atom stereocenters. The Morgan fingerprint density at radius 2 is 1.85 bits per heavy atom. The van der Waals surface area contributed by atoms with Crippen LogP contribution in [0.5, 0.6) is 0 Å². The number of carbonyl (C=O) groups is 1. The van der Waals surface area contributed by atoms with E-state index in [2.05, 4.69) is 23.6 Å². The van der Waals surface area contributed by atoms with Crippen molar-refractivity contribution in [3.05, 3.63) is 0 Å². The second-order valence-electron chi connectivity index (χ2n) is 6.21. The maximum atomic E-state index is 12.3. The average Bonchev–Trinajstić information content (AvgIpc) is 2.47. The molecule has 0 spiro atoms. The highest BCUT2D eigenvalue weighted by Gasteiger charge is 2.35. The van der Waals surface area contributed by atoms with E-state index in [-0.39, 0.29) is 6.03 Å². The van der Waals surface area contributed by atoms with Crippen LogP contribution in [0, 0.1) is 0 Å². The molecule has 2 rings (SSSR count). The number of hydrogen-bond acceptors (Lipinski definition) is 2. The zero-order valence-electron chi connectivity index (χ0n) is 13.3. The Kier molecular flexibility index (Phi) is 6.14. The van der Waals surface area contributed by atoms with Gasteiger partial charge in [-0.05, 0) is 26.3 Å². The summed E-state index contributed by atoms with van der Waals surface area (Å²) in [6, 6.07) is 0.737. The average molecular weight is 281 g/mol. The molecule has 2 saturated heterocycles. The van der Waals surface area contributed by atoms with E-state index in [0.29, 0.717) is 6.04 Å². The number of fused-ring (bicyclic) bond motifs is 1. The van der Waals surface area contributed by atoms with Crippen LogP contribution >= 0.6 is 0 Å². The summed E-state index contributed by atoms with van der Waals surface area (Å²) in [6.45, 7) is 10.4. The molecule has 0 saturated carbocycles. The Morgan fingerprint density at radius 1 is 1.05 bits per heavy atom. The van der Waals surface area contributed by atoms with Crippen LogP contribution in [0.25, 0.3) is 0 Å². The third kappa shape index (κ3) is 3.87. The van der Waals surface area contributed by atoms with E-state index in [1.807, 2.05) is 4.90 Å². The summed E-state index contributed by atoms with van der Waals surface area (Å²) in [4.78, 5) is 18.9. The first-order valence-corrected chi connectivity index (χ1v) is 8.54. The highest BCUT2D eigenvalue weighted by Crippen LogP contribution is 2.21. The lowest BCUT2D eigenvalue weighted by molar-refractivity contribution is 0.0450.